The van der Waals surface area contributed by atoms with E-state index in [1.165, 1.54) is 17.7 Å². The average molecular weight is 379 g/mol. The molecule has 5 N–H and O–H groups in total. The minimum absolute atomic E-state index is 0.387. The molecule has 0 saturated heterocycles. The highest BCUT2D eigenvalue weighted by molar-refractivity contribution is 7.22. The highest BCUT2D eigenvalue weighted by atomic mass is 32.1. The van der Waals surface area contributed by atoms with E-state index in [1.54, 1.807) is 7.11 Å². The van der Waals surface area contributed by atoms with E-state index in [4.69, 9.17) is 10.5 Å². The number of nitrogens with one attached hydrogen (secondary N) is 3. The topological polar surface area (TPSA) is 110 Å². The second kappa shape index (κ2) is 7.34. The van der Waals surface area contributed by atoms with E-state index in [9.17, 15) is 0 Å². The molecule has 0 spiro atoms. The summed E-state index contributed by atoms with van der Waals surface area (Å²) in [4.78, 5) is 12.9. The van der Waals surface area contributed by atoms with Gasteiger partial charge in [0.15, 0.2) is 16.8 Å². The lowest BCUT2D eigenvalue weighted by Crippen LogP contribution is -2.13. The smallest absolute Gasteiger partial charge is 0.189 e. The maximum atomic E-state index is 6.20. The molecule has 136 valence electrons. The van der Waals surface area contributed by atoms with Crippen molar-refractivity contribution in [1.29, 1.82) is 0 Å². The van der Waals surface area contributed by atoms with Crippen LogP contribution in [0.1, 0.15) is 0 Å². The van der Waals surface area contributed by atoms with Crippen molar-refractivity contribution < 1.29 is 4.74 Å². The highest BCUT2D eigenvalue weighted by Gasteiger charge is 2.11. The largest absolute Gasteiger partial charge is 0.497 e. The fourth-order valence-electron chi connectivity index (χ4n) is 2.43. The van der Waals surface area contributed by atoms with Crippen LogP contribution in [0.3, 0.4) is 0 Å². The van der Waals surface area contributed by atoms with E-state index in [-0.39, 0.29) is 0 Å². The Morgan fingerprint density at radius 2 is 1.81 bits per heavy atom. The van der Waals surface area contributed by atoms with Crippen LogP contribution in [-0.4, -0.2) is 22.1 Å². The van der Waals surface area contributed by atoms with Crippen LogP contribution in [0.5, 0.6) is 5.75 Å². The third-order valence-electron chi connectivity index (χ3n) is 3.80. The van der Waals surface area contributed by atoms with Crippen molar-refractivity contribution in [2.24, 2.45) is 0 Å². The van der Waals surface area contributed by atoms with Gasteiger partial charge in [0.2, 0.25) is 0 Å². The molecule has 0 aliphatic rings. The summed E-state index contributed by atoms with van der Waals surface area (Å²) in [6, 6.07) is 15.4. The quantitative estimate of drug-likeness (QED) is 0.374. The maximum absolute atomic E-state index is 6.20. The summed E-state index contributed by atoms with van der Waals surface area (Å²) in [5.41, 5.74) is 14.4. The molecular weight excluding hydrogens is 362 g/mol. The van der Waals surface area contributed by atoms with Crippen molar-refractivity contribution in [3.8, 4) is 5.75 Å². The Bertz CT molecular complexity index is 1070. The molecule has 2 aromatic heterocycles. The van der Waals surface area contributed by atoms with Crippen molar-refractivity contribution in [2.75, 3.05) is 29.0 Å². The Morgan fingerprint density at radius 1 is 1.00 bits per heavy atom. The number of hydrazine groups is 1. The molecule has 0 bridgehead atoms. The van der Waals surface area contributed by atoms with Gasteiger partial charge in [0.25, 0.3) is 0 Å². The van der Waals surface area contributed by atoms with Gasteiger partial charge in [0.05, 0.1) is 23.0 Å². The first-order chi connectivity index (χ1) is 13.2. The number of fused-ring (bicyclic) bond motifs is 1. The van der Waals surface area contributed by atoms with Gasteiger partial charge in [-0.05, 0) is 30.3 Å². The van der Waals surface area contributed by atoms with Crippen LogP contribution >= 0.6 is 11.3 Å². The Labute approximate surface area is 159 Å². The third-order valence-corrected chi connectivity index (χ3v) is 4.74. The molecule has 0 fully saturated rings. The summed E-state index contributed by atoms with van der Waals surface area (Å²) in [6.45, 7) is 0. The molecule has 0 unspecified atom stereocenters. The monoisotopic (exact) mass is 379 g/mol. The summed E-state index contributed by atoms with van der Waals surface area (Å²) >= 11 is 1.49. The van der Waals surface area contributed by atoms with E-state index >= 15 is 0 Å². The van der Waals surface area contributed by atoms with Crippen LogP contribution in [0.25, 0.3) is 10.2 Å². The summed E-state index contributed by atoms with van der Waals surface area (Å²) in [6.07, 6.45) is 1.43. The summed E-state index contributed by atoms with van der Waals surface area (Å²) < 4.78 is 6.26. The lowest BCUT2D eigenvalue weighted by molar-refractivity contribution is 0.415. The van der Waals surface area contributed by atoms with Gasteiger partial charge >= 0.3 is 0 Å². The highest BCUT2D eigenvalue weighted by Crippen LogP contribution is 2.32. The molecule has 0 saturated carbocycles. The van der Waals surface area contributed by atoms with E-state index < -0.39 is 0 Å². The first-order valence-corrected chi connectivity index (χ1v) is 8.94. The van der Waals surface area contributed by atoms with Crippen molar-refractivity contribution in [3.63, 3.8) is 0 Å². The predicted molar refractivity (Wildman–Crippen MR) is 110 cm³/mol. The number of para-hydroxylation sites is 1. The minimum atomic E-state index is 0.387. The van der Waals surface area contributed by atoms with Crippen LogP contribution in [0.2, 0.25) is 0 Å². The van der Waals surface area contributed by atoms with Gasteiger partial charge in [-0.25, -0.2) is 15.0 Å². The maximum Gasteiger partial charge on any atom is 0.189 e. The Hall–Kier alpha value is -3.59. The Balaban J connectivity index is 1.54. The second-order valence-electron chi connectivity index (χ2n) is 5.58. The zero-order valence-electron chi connectivity index (χ0n) is 14.4. The fourth-order valence-corrected chi connectivity index (χ4v) is 3.33. The van der Waals surface area contributed by atoms with Gasteiger partial charge in [0.1, 0.15) is 17.8 Å². The molecule has 0 atom stereocenters. The zero-order valence-corrected chi connectivity index (χ0v) is 15.2. The van der Waals surface area contributed by atoms with E-state index in [0.717, 1.165) is 21.7 Å². The number of thiazole rings is 1. The van der Waals surface area contributed by atoms with Crippen LogP contribution in [0.4, 0.5) is 28.1 Å². The van der Waals surface area contributed by atoms with Crippen molar-refractivity contribution in [3.05, 3.63) is 54.9 Å². The number of aromatic nitrogens is 3. The van der Waals surface area contributed by atoms with E-state index in [2.05, 4.69) is 31.1 Å². The number of nitrogens with zero attached hydrogens (tertiary/aromatic N) is 3. The molecule has 0 aliphatic heterocycles. The molecule has 9 heteroatoms. The number of ether oxygens (including phenoxy) is 1. The molecule has 0 amide bonds. The van der Waals surface area contributed by atoms with Gasteiger partial charge in [-0.15, -0.1) is 0 Å². The van der Waals surface area contributed by atoms with Crippen molar-refractivity contribution in [1.82, 2.24) is 15.0 Å². The third kappa shape index (κ3) is 3.67. The number of nitrogen functional groups attached to an aromatic ring is 1. The molecule has 0 radical (unpaired) electrons. The minimum Gasteiger partial charge on any atom is -0.497 e. The Morgan fingerprint density at radius 3 is 2.63 bits per heavy atom. The first-order valence-electron chi connectivity index (χ1n) is 8.12. The van der Waals surface area contributed by atoms with Crippen LogP contribution < -0.4 is 26.6 Å². The molecule has 27 heavy (non-hydrogen) atoms. The van der Waals surface area contributed by atoms with Gasteiger partial charge in [-0.1, -0.05) is 29.5 Å². The average Bonchev–Trinajstić information content (AvgIpc) is 3.11. The summed E-state index contributed by atoms with van der Waals surface area (Å²) in [5.74, 6) is 1.74. The number of benzene rings is 2. The summed E-state index contributed by atoms with van der Waals surface area (Å²) in [5, 5.41) is 3.85. The van der Waals surface area contributed by atoms with E-state index in [0.29, 0.717) is 22.5 Å². The lowest BCUT2D eigenvalue weighted by atomic mass is 10.3. The van der Waals surface area contributed by atoms with Crippen molar-refractivity contribution in [2.45, 2.75) is 0 Å². The number of hydrogen-bond donors (Lipinski definition) is 4. The van der Waals surface area contributed by atoms with Crippen LogP contribution in [-0.2, 0) is 0 Å². The van der Waals surface area contributed by atoms with Crippen LogP contribution in [0, 0.1) is 0 Å². The number of rotatable bonds is 6. The molecule has 4 aromatic rings. The zero-order chi connectivity index (χ0) is 18.6. The fraction of sp³-hybridized carbons (Fsp3) is 0.0556. The Kier molecular flexibility index (Phi) is 4.58. The molecule has 0 aliphatic carbocycles. The van der Waals surface area contributed by atoms with Gasteiger partial charge in [-0.3, -0.25) is 10.9 Å². The predicted octanol–water partition coefficient (Wildman–Crippen LogP) is 3.86. The first kappa shape index (κ1) is 16.9. The summed E-state index contributed by atoms with van der Waals surface area (Å²) in [7, 11) is 1.64. The second-order valence-corrected chi connectivity index (χ2v) is 6.61. The lowest BCUT2D eigenvalue weighted by Gasteiger charge is -2.12. The number of nitrogens with two attached hydrogens (primary N) is 1. The normalized spacial score (nSPS) is 10.6. The standard InChI is InChI=1S/C18H17N7OS/c1-26-12-7-8-13-14(9-12)27-18(22-13)23-16-15(19)17(21-10-20-16)25-24-11-5-3-2-4-6-11/h2-10,24H,19H2,1H3,(H2,20,21,22,23,25). The molecule has 2 heterocycles. The van der Waals surface area contributed by atoms with Crippen molar-refractivity contribution >= 4 is 49.7 Å². The SMILES string of the molecule is COc1ccc2nc(Nc3ncnc(NNc4ccccc4)c3N)sc2c1. The van der Waals surface area contributed by atoms with Gasteiger partial charge < -0.3 is 15.8 Å². The molecule has 8 nitrogen and oxygen atoms in total. The van der Waals surface area contributed by atoms with Crippen LogP contribution in [0.15, 0.2) is 54.9 Å². The number of hydrogen-bond acceptors (Lipinski definition) is 9. The number of anilines is 5. The van der Waals surface area contributed by atoms with E-state index in [1.807, 2.05) is 48.5 Å². The molecular formula is C18H17N7OS. The number of methoxy groups -OCH3 is 1. The van der Waals surface area contributed by atoms with Gasteiger partial charge in [-0.2, -0.15) is 0 Å². The van der Waals surface area contributed by atoms with Gasteiger partial charge in [0, 0.05) is 0 Å². The molecule has 2 aromatic carbocycles. The molecule has 4 rings (SSSR count).